The average Bonchev–Trinajstić information content (AvgIpc) is 3.09. The highest BCUT2D eigenvalue weighted by Crippen LogP contribution is 2.23. The van der Waals surface area contributed by atoms with Crippen LogP contribution in [0.4, 0.5) is 0 Å². The summed E-state index contributed by atoms with van der Waals surface area (Å²) in [6.07, 6.45) is 1.07. The number of fused-ring (bicyclic) bond motifs is 1. The first-order valence-corrected chi connectivity index (χ1v) is 13.6. The molecule has 3 rings (SSSR count). The van der Waals surface area contributed by atoms with Crippen molar-refractivity contribution in [2.75, 3.05) is 19.1 Å². The molecular weight excluding hydrogens is 476 g/mol. The number of carbonyl (C=O) groups is 2. The smallest absolute Gasteiger partial charge is 0.325 e. The van der Waals surface area contributed by atoms with Gasteiger partial charge in [-0.15, -0.1) is 0 Å². The van der Waals surface area contributed by atoms with Gasteiger partial charge >= 0.3 is 5.97 Å². The van der Waals surface area contributed by atoms with Gasteiger partial charge in [-0.3, -0.25) is 9.59 Å². The van der Waals surface area contributed by atoms with Crippen molar-refractivity contribution in [1.82, 2.24) is 4.57 Å². The van der Waals surface area contributed by atoms with Gasteiger partial charge in [-0.1, -0.05) is 30.4 Å². The normalized spacial score (nSPS) is 12.8. The summed E-state index contributed by atoms with van der Waals surface area (Å²) < 4.78 is 55.2. The van der Waals surface area contributed by atoms with Crippen molar-refractivity contribution in [1.29, 1.82) is 0 Å². The molecule has 3 aromatic rings. The van der Waals surface area contributed by atoms with Gasteiger partial charge in [0.05, 0.1) is 38.4 Å². The number of esters is 1. The molecule has 0 aliphatic heterocycles. The van der Waals surface area contributed by atoms with E-state index in [-0.39, 0.29) is 32.5 Å². The van der Waals surface area contributed by atoms with E-state index in [4.69, 9.17) is 4.74 Å². The summed E-state index contributed by atoms with van der Waals surface area (Å²) in [5.74, 6) is -1.58. The largest absolute Gasteiger partial charge is 0.468 e. The van der Waals surface area contributed by atoms with Crippen molar-refractivity contribution < 1.29 is 31.2 Å². The molecule has 0 saturated carbocycles. The van der Waals surface area contributed by atoms with Crippen LogP contribution in [-0.2, 0) is 35.8 Å². The predicted molar refractivity (Wildman–Crippen MR) is 119 cm³/mol. The Balaban J connectivity index is 2.25. The Bertz CT molecular complexity index is 1500. The molecule has 32 heavy (non-hydrogen) atoms. The Morgan fingerprint density at radius 3 is 2.41 bits per heavy atom. The fourth-order valence-electron chi connectivity index (χ4n) is 2.93. The number of amides is 1. The van der Waals surface area contributed by atoms with Crippen molar-refractivity contribution in [3.63, 3.8) is 0 Å². The molecule has 9 nitrogen and oxygen atoms in total. The van der Waals surface area contributed by atoms with E-state index in [2.05, 4.69) is 4.99 Å². The predicted octanol–water partition coefficient (Wildman–Crippen LogP) is 1.81. The van der Waals surface area contributed by atoms with Gasteiger partial charge in [0.2, 0.25) is 0 Å². The second kappa shape index (κ2) is 8.96. The average molecular weight is 497 g/mol. The number of hydrogen-bond donors (Lipinski definition) is 0. The highest BCUT2D eigenvalue weighted by molar-refractivity contribution is 7.91. The van der Waals surface area contributed by atoms with Crippen LogP contribution in [0.25, 0.3) is 10.2 Å². The minimum Gasteiger partial charge on any atom is -0.468 e. The fourth-order valence-corrected chi connectivity index (χ4v) is 5.81. The van der Waals surface area contributed by atoms with Crippen LogP contribution in [0, 0.1) is 0 Å². The number of carbonyl (C=O) groups excluding carboxylic acids is 2. The topological polar surface area (TPSA) is 129 Å². The first kappa shape index (κ1) is 23.8. The van der Waals surface area contributed by atoms with Gasteiger partial charge < -0.3 is 9.30 Å². The molecule has 0 aliphatic rings. The third-order valence-corrected chi connectivity index (χ3v) is 8.56. The van der Waals surface area contributed by atoms with Crippen molar-refractivity contribution in [3.8, 4) is 0 Å². The Labute approximate surface area is 188 Å². The van der Waals surface area contributed by atoms with Gasteiger partial charge in [-0.2, -0.15) is 4.99 Å². The Kier molecular flexibility index (Phi) is 6.67. The maximum atomic E-state index is 13.0. The third-order valence-electron chi connectivity index (χ3n) is 4.63. The van der Waals surface area contributed by atoms with E-state index in [1.807, 2.05) is 0 Å². The van der Waals surface area contributed by atoms with Gasteiger partial charge in [0.1, 0.15) is 6.54 Å². The van der Waals surface area contributed by atoms with Crippen molar-refractivity contribution in [2.45, 2.75) is 23.3 Å². The molecule has 1 amide bonds. The molecule has 0 spiro atoms. The lowest BCUT2D eigenvalue weighted by molar-refractivity contribution is -0.141. The minimum atomic E-state index is -3.67. The molecule has 0 saturated heterocycles. The summed E-state index contributed by atoms with van der Waals surface area (Å²) in [5, 5.41) is 0. The highest BCUT2D eigenvalue weighted by atomic mass is 32.2. The Morgan fingerprint density at radius 2 is 1.78 bits per heavy atom. The quantitative estimate of drug-likeness (QED) is 0.476. The summed E-state index contributed by atoms with van der Waals surface area (Å²) in [7, 11) is -5.93. The molecule has 0 N–H and O–H groups in total. The number of nitrogens with zero attached hydrogens (tertiary/aromatic N) is 2. The molecule has 170 valence electrons. The van der Waals surface area contributed by atoms with Gasteiger partial charge in [0, 0.05) is 6.26 Å². The number of rotatable bonds is 6. The number of methoxy groups -OCH3 is 1. The number of ether oxygens (including phenoxy) is 1. The van der Waals surface area contributed by atoms with Crippen LogP contribution in [0.2, 0.25) is 0 Å². The van der Waals surface area contributed by atoms with Gasteiger partial charge in [0.25, 0.3) is 5.91 Å². The van der Waals surface area contributed by atoms with E-state index in [1.54, 1.807) is 0 Å². The van der Waals surface area contributed by atoms with E-state index < -0.39 is 31.6 Å². The zero-order valence-corrected chi connectivity index (χ0v) is 19.9. The molecule has 0 fully saturated rings. The summed E-state index contributed by atoms with van der Waals surface area (Å²) in [6.45, 7) is 1.21. The number of aromatic nitrogens is 1. The number of hydrogen-bond acceptors (Lipinski definition) is 8. The lowest BCUT2D eigenvalue weighted by atomic mass is 10.2. The first-order valence-electron chi connectivity index (χ1n) is 9.29. The second-order valence-electron chi connectivity index (χ2n) is 6.77. The zero-order valence-electron chi connectivity index (χ0n) is 17.4. The molecular formula is C20H20N2O7S3. The van der Waals surface area contributed by atoms with E-state index in [1.165, 1.54) is 61.1 Å². The van der Waals surface area contributed by atoms with E-state index in [0.717, 1.165) is 17.6 Å². The third kappa shape index (κ3) is 4.81. The molecule has 0 atom stereocenters. The van der Waals surface area contributed by atoms with Gasteiger partial charge in [-0.25, -0.2) is 16.8 Å². The standard InChI is InChI=1S/C20H20N2O7S3/c1-4-32(27,28)17-8-6-5-7-14(17)19(24)21-20-22(12-18(23)29-2)15-10-9-13(31(3,25)26)11-16(15)30-20/h5-11H,4,12H2,1-3H3. The van der Waals surface area contributed by atoms with E-state index in [0.29, 0.717) is 10.2 Å². The Hall–Kier alpha value is -2.83. The number of benzene rings is 2. The minimum absolute atomic E-state index is 0.0775. The van der Waals surface area contributed by atoms with Crippen molar-refractivity contribution in [3.05, 3.63) is 52.8 Å². The molecule has 12 heteroatoms. The molecule has 0 bridgehead atoms. The molecule has 0 radical (unpaired) electrons. The van der Waals surface area contributed by atoms with Crippen LogP contribution < -0.4 is 4.80 Å². The lowest BCUT2D eigenvalue weighted by Gasteiger charge is -2.06. The van der Waals surface area contributed by atoms with Gasteiger partial charge in [-0.05, 0) is 30.3 Å². The molecule has 1 heterocycles. The van der Waals surface area contributed by atoms with Crippen LogP contribution >= 0.6 is 11.3 Å². The first-order chi connectivity index (χ1) is 15.0. The lowest BCUT2D eigenvalue weighted by Crippen LogP contribution is -2.22. The summed E-state index contributed by atoms with van der Waals surface area (Å²) >= 11 is 1.00. The molecule has 2 aromatic carbocycles. The van der Waals surface area contributed by atoms with E-state index >= 15 is 0 Å². The maximum absolute atomic E-state index is 13.0. The summed E-state index contributed by atoms with van der Waals surface area (Å²) in [4.78, 5) is 29.0. The van der Waals surface area contributed by atoms with Crippen molar-refractivity contribution >= 4 is 53.1 Å². The van der Waals surface area contributed by atoms with Crippen LogP contribution in [0.15, 0.2) is 57.2 Å². The number of sulfone groups is 2. The van der Waals surface area contributed by atoms with Crippen LogP contribution in [-0.4, -0.2) is 52.4 Å². The van der Waals surface area contributed by atoms with E-state index in [9.17, 15) is 26.4 Å². The summed E-state index contributed by atoms with van der Waals surface area (Å²) in [6, 6.07) is 10.1. The van der Waals surface area contributed by atoms with Crippen molar-refractivity contribution in [2.24, 2.45) is 4.99 Å². The monoisotopic (exact) mass is 496 g/mol. The van der Waals surface area contributed by atoms with Gasteiger partial charge in [0.15, 0.2) is 24.5 Å². The summed E-state index contributed by atoms with van der Waals surface area (Å²) in [5.41, 5.74) is 0.391. The van der Waals surface area contributed by atoms with Crippen LogP contribution in [0.3, 0.4) is 0 Å². The fraction of sp³-hybridized carbons (Fsp3) is 0.250. The second-order valence-corrected chi connectivity index (χ2v) is 12.0. The zero-order chi connectivity index (χ0) is 23.7. The Morgan fingerprint density at radius 1 is 1.09 bits per heavy atom. The SMILES string of the molecule is CCS(=O)(=O)c1ccccc1C(=O)N=c1sc2cc(S(C)(=O)=O)ccc2n1CC(=O)OC. The maximum Gasteiger partial charge on any atom is 0.325 e. The molecule has 0 aliphatic carbocycles. The van der Waals surface area contributed by atoms with Crippen LogP contribution in [0.5, 0.6) is 0 Å². The van der Waals surface area contributed by atoms with Crippen LogP contribution in [0.1, 0.15) is 17.3 Å². The molecule has 0 unspecified atom stereocenters. The molecule has 1 aromatic heterocycles. The number of thiazole rings is 1. The highest BCUT2D eigenvalue weighted by Gasteiger charge is 2.21.